The lowest BCUT2D eigenvalue weighted by Gasteiger charge is -2.42. The molecule has 6 N–H and O–H groups in total. The second-order valence-electron chi connectivity index (χ2n) is 18.9. The lowest BCUT2D eigenvalue weighted by atomic mass is 9.78. The number of nitriles is 1. The Morgan fingerprint density at radius 3 is 2.20 bits per heavy atom. The molecule has 4 aliphatic heterocycles. The SMILES string of the molecule is CO[C@@H]1C=CO[C@@]2(C)Oc3c(C)c(O)c4c(O)c(c(C=NN5[C@H](C)CN(Cc6ccc(C#N)cc6)C[C@@H]5C)c(O)c4c3C2=O)NC(=O)C(C)=CC=C[C@H](C)[C@H](O)[C@H](C)[C@H](O)[C@H](C)[C@H](OC(C)=O)[C@H]1C. The third kappa shape index (κ3) is 10.4. The second-order valence-corrected chi connectivity index (χ2v) is 18.9. The minimum Gasteiger partial charge on any atom is -0.507 e. The first-order chi connectivity index (χ1) is 32.5. The fourth-order valence-electron chi connectivity index (χ4n) is 9.72. The monoisotopic (exact) mass is 951 g/mol. The average molecular weight is 952 g/mol. The van der Waals surface area contributed by atoms with E-state index in [9.17, 15) is 45.2 Å². The number of nitrogens with zero attached hydrogens (tertiary/aromatic N) is 4. The molecular weight excluding hydrogens is 887 g/mol. The number of ketones is 1. The minimum atomic E-state index is -2.08. The number of aromatic hydroxyl groups is 3. The van der Waals surface area contributed by atoms with Crippen LogP contribution in [0.1, 0.15) is 94.9 Å². The van der Waals surface area contributed by atoms with Crippen LogP contribution < -0.4 is 10.1 Å². The van der Waals surface area contributed by atoms with Gasteiger partial charge in [-0.25, -0.2) is 0 Å². The Kier molecular flexibility index (Phi) is 15.8. The zero-order valence-corrected chi connectivity index (χ0v) is 41.1. The number of aliphatic hydroxyl groups is 2. The maximum absolute atomic E-state index is 14.7. The first-order valence-electron chi connectivity index (χ1n) is 23.2. The molecule has 0 radical (unpaired) electrons. The second kappa shape index (κ2) is 21.0. The van der Waals surface area contributed by atoms with E-state index in [0.29, 0.717) is 25.2 Å². The molecule has 3 aromatic carbocycles. The summed E-state index contributed by atoms with van der Waals surface area (Å²) in [5, 5.41) is 77.3. The minimum absolute atomic E-state index is 0.0366. The van der Waals surface area contributed by atoms with E-state index in [0.717, 1.165) is 5.56 Å². The number of rotatable bonds is 6. The number of methoxy groups -OCH3 is 1. The number of fused-ring (bicyclic) bond motifs is 14. The number of piperazine rings is 1. The van der Waals surface area contributed by atoms with Crippen molar-refractivity contribution >= 4 is 40.3 Å². The van der Waals surface area contributed by atoms with E-state index in [1.807, 2.05) is 31.0 Å². The largest absolute Gasteiger partial charge is 0.507 e. The molecule has 0 aliphatic carbocycles. The summed E-state index contributed by atoms with van der Waals surface area (Å²) in [5.41, 5.74) is 1.14. The van der Waals surface area contributed by atoms with Gasteiger partial charge in [0, 0.05) is 80.8 Å². The number of anilines is 1. The van der Waals surface area contributed by atoms with E-state index >= 15 is 0 Å². The Labute approximate surface area is 402 Å². The number of carbonyl (C=O) groups excluding carboxylic acids is 3. The molecule has 17 heteroatoms. The zero-order valence-electron chi connectivity index (χ0n) is 41.1. The number of nitrogens with one attached hydrogen (secondary N) is 1. The van der Waals surface area contributed by atoms with Crippen LogP contribution in [-0.2, 0) is 30.3 Å². The van der Waals surface area contributed by atoms with Crippen molar-refractivity contribution in [3.05, 3.63) is 88.2 Å². The van der Waals surface area contributed by atoms with Crippen LogP contribution >= 0.6 is 0 Å². The highest BCUT2D eigenvalue weighted by Crippen LogP contribution is 2.55. The quantitative estimate of drug-likeness (QED) is 0.0664. The molecule has 1 saturated heterocycles. The molecule has 1 fully saturated rings. The van der Waals surface area contributed by atoms with Gasteiger partial charge < -0.3 is 49.8 Å². The molecule has 0 saturated carbocycles. The fraction of sp³-hybridized carbons (Fsp3) is 0.481. The van der Waals surface area contributed by atoms with Gasteiger partial charge in [-0.15, -0.1) is 0 Å². The van der Waals surface area contributed by atoms with Gasteiger partial charge in [0.1, 0.15) is 23.4 Å². The van der Waals surface area contributed by atoms with Crippen LogP contribution in [0.3, 0.4) is 0 Å². The fourth-order valence-corrected chi connectivity index (χ4v) is 9.72. The summed E-state index contributed by atoms with van der Waals surface area (Å²) >= 11 is 0. The molecule has 69 heavy (non-hydrogen) atoms. The molecule has 5 bridgehead atoms. The van der Waals surface area contributed by atoms with E-state index < -0.39 is 88.8 Å². The number of allylic oxidation sites excluding steroid dienone is 2. The van der Waals surface area contributed by atoms with E-state index in [1.165, 1.54) is 59.4 Å². The van der Waals surface area contributed by atoms with Gasteiger partial charge >= 0.3 is 11.8 Å². The third-order valence-corrected chi connectivity index (χ3v) is 13.8. The molecule has 4 aliphatic rings. The molecule has 7 rings (SSSR count). The highest BCUT2D eigenvalue weighted by molar-refractivity contribution is 6.23. The molecule has 11 atom stereocenters. The van der Waals surface area contributed by atoms with Crippen molar-refractivity contribution in [2.75, 3.05) is 25.5 Å². The summed E-state index contributed by atoms with van der Waals surface area (Å²) in [6, 6.07) is 9.23. The number of esters is 1. The Bertz CT molecular complexity index is 2610. The summed E-state index contributed by atoms with van der Waals surface area (Å²) in [7, 11) is 1.43. The van der Waals surface area contributed by atoms with Gasteiger partial charge in [0.25, 0.3) is 11.7 Å². The van der Waals surface area contributed by atoms with Crippen LogP contribution in [0.4, 0.5) is 5.69 Å². The number of hydrazone groups is 1. The highest BCUT2D eigenvalue weighted by Gasteiger charge is 2.50. The van der Waals surface area contributed by atoms with Crippen LogP contribution in [0.15, 0.2) is 65.5 Å². The summed E-state index contributed by atoms with van der Waals surface area (Å²) < 4.78 is 23.8. The number of phenols is 3. The Balaban J connectivity index is 1.47. The van der Waals surface area contributed by atoms with Gasteiger partial charge in [-0.3, -0.25) is 24.3 Å². The molecule has 3 aromatic rings. The molecule has 1 amide bonds. The van der Waals surface area contributed by atoms with Crippen molar-refractivity contribution in [2.45, 2.75) is 118 Å². The summed E-state index contributed by atoms with van der Waals surface area (Å²) in [6.07, 6.45) is 4.77. The van der Waals surface area contributed by atoms with Gasteiger partial charge in [0.15, 0.2) is 5.75 Å². The molecule has 0 unspecified atom stereocenters. The van der Waals surface area contributed by atoms with Crippen molar-refractivity contribution in [1.29, 1.82) is 5.26 Å². The first kappa shape index (κ1) is 51.9. The highest BCUT2D eigenvalue weighted by atomic mass is 16.7. The third-order valence-electron chi connectivity index (χ3n) is 13.8. The van der Waals surface area contributed by atoms with E-state index in [-0.39, 0.29) is 56.6 Å². The summed E-state index contributed by atoms with van der Waals surface area (Å²) in [4.78, 5) is 43.4. The lowest BCUT2D eigenvalue weighted by molar-refractivity contribution is -0.160. The van der Waals surface area contributed by atoms with Crippen molar-refractivity contribution < 1.29 is 58.9 Å². The van der Waals surface area contributed by atoms with E-state index in [1.54, 1.807) is 52.0 Å². The van der Waals surface area contributed by atoms with Crippen LogP contribution in [-0.4, -0.2) is 122 Å². The molecule has 4 heterocycles. The number of ether oxygens (including phenoxy) is 4. The normalized spacial score (nSPS) is 29.4. The van der Waals surface area contributed by atoms with Crippen LogP contribution in [0.2, 0.25) is 0 Å². The average Bonchev–Trinajstić information content (AvgIpc) is 3.57. The summed E-state index contributed by atoms with van der Waals surface area (Å²) in [5.74, 6) is -8.62. The zero-order chi connectivity index (χ0) is 50.8. The summed E-state index contributed by atoms with van der Waals surface area (Å²) in [6.45, 7) is 18.3. The Morgan fingerprint density at radius 2 is 1.59 bits per heavy atom. The van der Waals surface area contributed by atoms with Crippen LogP contribution in [0, 0.1) is 41.9 Å². The number of hydrogen-bond donors (Lipinski definition) is 6. The number of amides is 1. The maximum Gasteiger partial charge on any atom is 0.312 e. The molecule has 17 nitrogen and oxygen atoms in total. The van der Waals surface area contributed by atoms with Gasteiger partial charge in [-0.1, -0.05) is 58.1 Å². The smallest absolute Gasteiger partial charge is 0.312 e. The van der Waals surface area contributed by atoms with Gasteiger partial charge in [-0.05, 0) is 51.5 Å². The van der Waals surface area contributed by atoms with Crippen molar-refractivity contribution in [3.8, 4) is 29.1 Å². The Hall–Kier alpha value is -6.45. The number of carbonyl (C=O) groups is 3. The van der Waals surface area contributed by atoms with E-state index in [4.69, 9.17) is 24.0 Å². The standard InChI is InChI=1S/C52H65N5O12/c1-26-13-12-14-27(2)51(65)55-42-37(22-54-57-28(3)23-56(24-29(57)4)25-36-17-15-35(21-53)16-18-36)46(62)39-40(47(42)63)45(61)33(8)49-41(39)50(64)52(10,69-49)67-20-19-38(66-11)30(5)48(68-34(9)58)32(7)44(60)31(6)43(26)59/h12-20,22,26,28-32,38,43-44,48,59-63H,23-25H2,1-11H3,(H,55,65)/t26-,28-,29+,30-,31-,32-,38+,43-,44-,48+,52-/m0/s1. The number of phenolic OH excluding ortho intramolecular Hbond substituents is 3. The van der Waals surface area contributed by atoms with Crippen molar-refractivity contribution in [3.63, 3.8) is 0 Å². The van der Waals surface area contributed by atoms with Gasteiger partial charge in [0.05, 0.1) is 76.7 Å². The molecule has 0 aromatic heterocycles. The molecular formula is C52H65N5O12. The van der Waals surface area contributed by atoms with Crippen molar-refractivity contribution in [1.82, 2.24) is 9.91 Å². The number of hydrogen-bond acceptors (Lipinski definition) is 16. The number of benzene rings is 3. The number of Topliss-reactive ketones (excluding diaryl/α,β-unsaturated/α-hetero) is 1. The van der Waals surface area contributed by atoms with Gasteiger partial charge in [-0.2, -0.15) is 10.4 Å². The lowest BCUT2D eigenvalue weighted by Crippen LogP contribution is -2.54. The van der Waals surface area contributed by atoms with E-state index in [2.05, 4.69) is 16.3 Å². The molecule has 0 spiro atoms. The first-order valence-corrected chi connectivity index (χ1v) is 23.2. The van der Waals surface area contributed by atoms with Crippen molar-refractivity contribution in [2.24, 2.45) is 28.8 Å². The number of aliphatic hydroxyl groups excluding tert-OH is 2. The topological polar surface area (TPSA) is 244 Å². The predicted molar refractivity (Wildman–Crippen MR) is 259 cm³/mol. The van der Waals surface area contributed by atoms with Gasteiger partial charge in [0.2, 0.25) is 0 Å². The van der Waals surface area contributed by atoms with Crippen LogP contribution in [0.5, 0.6) is 23.0 Å². The molecule has 370 valence electrons. The maximum atomic E-state index is 14.7. The Morgan fingerprint density at radius 1 is 0.942 bits per heavy atom. The predicted octanol–water partition coefficient (Wildman–Crippen LogP) is 6.55. The van der Waals surface area contributed by atoms with Crippen LogP contribution in [0.25, 0.3) is 10.8 Å².